The van der Waals surface area contributed by atoms with Gasteiger partial charge in [-0.2, -0.15) is 0 Å². The lowest BCUT2D eigenvalue weighted by Crippen LogP contribution is -2.41. The quantitative estimate of drug-likeness (QED) is 0.111. The van der Waals surface area contributed by atoms with E-state index in [-0.39, 0.29) is 58.8 Å². The molecule has 1 aliphatic heterocycles. The summed E-state index contributed by atoms with van der Waals surface area (Å²) in [5.41, 5.74) is 0.737. The fraction of sp³-hybridized carbons (Fsp3) is 0.185. The average Bonchev–Trinajstić information content (AvgIpc) is 2.93. The molecule has 2 aromatic rings. The number of phenols is 1. The Bertz CT molecular complexity index is 1680. The van der Waals surface area contributed by atoms with Crippen LogP contribution in [0.3, 0.4) is 0 Å². The molecule has 13 nitrogen and oxygen atoms in total. The molecule has 0 saturated carbocycles. The minimum Gasteiger partial charge on any atom is -0.508 e. The molecule has 0 spiro atoms. The maximum Gasteiger partial charge on any atom is 0.694 e. The van der Waals surface area contributed by atoms with E-state index in [1.165, 1.54) is 54.6 Å². The van der Waals surface area contributed by atoms with Crippen LogP contribution in [0.4, 0.5) is 0 Å². The van der Waals surface area contributed by atoms with E-state index < -0.39 is 38.7 Å². The van der Waals surface area contributed by atoms with Crippen LogP contribution in [0.2, 0.25) is 0 Å². The monoisotopic (exact) mass is 583 g/mol. The SMILES string of the molecule is O=C(CCNC(=O)c1ccc(C(=O)O)c(-c2c3ccc(=O)cc-3oc3cc(O)ccc23)c1)NC(CO)CO[P+](=O)O. The van der Waals surface area contributed by atoms with Gasteiger partial charge >= 0.3 is 14.2 Å². The second-order valence-corrected chi connectivity index (χ2v) is 9.60. The summed E-state index contributed by atoms with van der Waals surface area (Å²) in [4.78, 5) is 58.0. The molecule has 2 aliphatic rings. The molecule has 0 aromatic heterocycles. The Hall–Kier alpha value is -4.68. The number of carbonyl (C=O) groups excluding carboxylic acids is 2. The Balaban J connectivity index is 1.63. The molecular formula is C27H24N2O11P+. The van der Waals surface area contributed by atoms with Crippen molar-refractivity contribution in [1.82, 2.24) is 10.6 Å². The molecule has 1 aliphatic carbocycles. The van der Waals surface area contributed by atoms with Crippen LogP contribution in [0.5, 0.6) is 5.75 Å². The molecule has 6 N–H and O–H groups in total. The maximum atomic E-state index is 13.0. The second kappa shape index (κ2) is 12.7. The number of carboxylic acid groups (broad SMARTS) is 1. The van der Waals surface area contributed by atoms with Gasteiger partial charge in [0.15, 0.2) is 5.43 Å². The highest BCUT2D eigenvalue weighted by Crippen LogP contribution is 2.42. The number of aromatic carboxylic acids is 1. The lowest BCUT2D eigenvalue weighted by Gasteiger charge is -2.17. The summed E-state index contributed by atoms with van der Waals surface area (Å²) >= 11 is 0. The highest BCUT2D eigenvalue weighted by Gasteiger charge is 2.24. The lowest BCUT2D eigenvalue weighted by atomic mass is 9.89. The van der Waals surface area contributed by atoms with Gasteiger partial charge in [0, 0.05) is 51.7 Å². The van der Waals surface area contributed by atoms with Crippen LogP contribution in [0.25, 0.3) is 33.4 Å². The van der Waals surface area contributed by atoms with Gasteiger partial charge in [-0.3, -0.25) is 14.4 Å². The van der Waals surface area contributed by atoms with Gasteiger partial charge in [0.2, 0.25) is 5.91 Å². The number of hydrogen-bond acceptors (Lipinski definition) is 9. The smallest absolute Gasteiger partial charge is 0.508 e. The first-order valence-electron chi connectivity index (χ1n) is 12.1. The number of carbonyl (C=O) groups is 3. The van der Waals surface area contributed by atoms with Gasteiger partial charge < -0.3 is 30.4 Å². The summed E-state index contributed by atoms with van der Waals surface area (Å²) in [5.74, 6) is -2.39. The minimum absolute atomic E-state index is 0.0834. The zero-order valence-electron chi connectivity index (χ0n) is 21.2. The Morgan fingerprint density at radius 1 is 1.02 bits per heavy atom. The normalized spacial score (nSPS) is 12.2. The lowest BCUT2D eigenvalue weighted by molar-refractivity contribution is -0.122. The van der Waals surface area contributed by atoms with Crippen molar-refractivity contribution in [2.24, 2.45) is 0 Å². The van der Waals surface area contributed by atoms with Crippen molar-refractivity contribution in [3.63, 3.8) is 0 Å². The van der Waals surface area contributed by atoms with E-state index in [0.29, 0.717) is 16.5 Å². The first-order valence-corrected chi connectivity index (χ1v) is 13.2. The van der Waals surface area contributed by atoms with Crippen molar-refractivity contribution in [2.75, 3.05) is 19.8 Å². The number of aromatic hydroxyl groups is 1. The molecule has 2 atom stereocenters. The van der Waals surface area contributed by atoms with Crippen LogP contribution >= 0.6 is 8.25 Å². The largest absolute Gasteiger partial charge is 0.694 e. The van der Waals surface area contributed by atoms with E-state index in [1.54, 1.807) is 0 Å². The molecule has 2 aromatic carbocycles. The molecule has 4 rings (SSSR count). The van der Waals surface area contributed by atoms with E-state index in [2.05, 4.69) is 15.2 Å². The Morgan fingerprint density at radius 3 is 2.51 bits per heavy atom. The predicted molar refractivity (Wildman–Crippen MR) is 145 cm³/mol. The van der Waals surface area contributed by atoms with Crippen LogP contribution in [-0.2, 0) is 13.9 Å². The van der Waals surface area contributed by atoms with E-state index in [4.69, 9.17) is 9.31 Å². The second-order valence-electron chi connectivity index (χ2n) is 8.87. The number of hydrogen-bond donors (Lipinski definition) is 6. The molecule has 14 heteroatoms. The van der Waals surface area contributed by atoms with E-state index >= 15 is 0 Å². The Kier molecular flexibility index (Phi) is 9.05. The number of aliphatic hydroxyl groups is 1. The molecule has 2 amide bonds. The van der Waals surface area contributed by atoms with Crippen LogP contribution in [-0.4, -0.2) is 63.8 Å². The number of amides is 2. The van der Waals surface area contributed by atoms with Gasteiger partial charge in [-0.05, 0) is 48.0 Å². The summed E-state index contributed by atoms with van der Waals surface area (Å²) < 4.78 is 20.9. The van der Waals surface area contributed by atoms with Crippen LogP contribution < -0.4 is 16.1 Å². The number of fused-ring (bicyclic) bond motifs is 2. The third-order valence-corrected chi connectivity index (χ3v) is 6.44. The molecular weight excluding hydrogens is 559 g/mol. The molecule has 1 heterocycles. The molecule has 0 saturated heterocycles. The third-order valence-electron chi connectivity index (χ3n) is 6.07. The molecule has 2 unspecified atom stereocenters. The van der Waals surface area contributed by atoms with Crippen molar-refractivity contribution in [3.05, 3.63) is 75.9 Å². The van der Waals surface area contributed by atoms with Gasteiger partial charge in [0.25, 0.3) is 5.91 Å². The highest BCUT2D eigenvalue weighted by atomic mass is 31.1. The van der Waals surface area contributed by atoms with E-state index in [0.717, 1.165) is 0 Å². The van der Waals surface area contributed by atoms with Crippen molar-refractivity contribution in [1.29, 1.82) is 0 Å². The van der Waals surface area contributed by atoms with Crippen LogP contribution in [0, 0.1) is 0 Å². The van der Waals surface area contributed by atoms with Crippen molar-refractivity contribution < 1.29 is 48.1 Å². The maximum absolute atomic E-state index is 13.0. The molecule has 0 radical (unpaired) electrons. The van der Waals surface area contributed by atoms with Crippen LogP contribution in [0.15, 0.2) is 63.8 Å². The number of aliphatic hydroxyl groups excluding tert-OH is 1. The first kappa shape index (κ1) is 29.3. The van der Waals surface area contributed by atoms with Crippen molar-refractivity contribution >= 4 is 37.0 Å². The Morgan fingerprint density at radius 2 is 1.80 bits per heavy atom. The average molecular weight is 583 g/mol. The van der Waals surface area contributed by atoms with E-state index in [9.17, 15) is 39.1 Å². The topological polar surface area (TPSA) is 213 Å². The summed E-state index contributed by atoms with van der Waals surface area (Å²) in [6, 6.07) is 11.3. The van der Waals surface area contributed by atoms with Crippen molar-refractivity contribution in [2.45, 2.75) is 12.5 Å². The number of nitrogens with one attached hydrogen (secondary N) is 2. The van der Waals surface area contributed by atoms with Gasteiger partial charge in [-0.15, -0.1) is 9.42 Å². The highest BCUT2D eigenvalue weighted by molar-refractivity contribution is 7.32. The summed E-state index contributed by atoms with van der Waals surface area (Å²) in [6.07, 6.45) is -0.190. The standard InChI is InChI=1S/C27H23N2O11P/c30-12-15(13-39-41(37)38)29-24(33)7-8-28-26(34)14-1-4-18(27(35)36)21(9-14)25-19-5-2-16(31)10-22(19)40-23-11-17(32)3-6-20(23)25/h1-6,9-11,15,30H,7-8,12-13H2,(H4-,28,29,31,32,33,34,35,36,37,38)/p+1. The fourth-order valence-corrected chi connectivity index (χ4v) is 4.52. The molecule has 0 fully saturated rings. The summed E-state index contributed by atoms with van der Waals surface area (Å²) in [5, 5.41) is 34.6. The Labute approximate surface area is 232 Å². The van der Waals surface area contributed by atoms with Crippen molar-refractivity contribution in [3.8, 4) is 28.2 Å². The first-order chi connectivity index (χ1) is 19.6. The fourth-order valence-electron chi connectivity index (χ4n) is 4.21. The van der Waals surface area contributed by atoms with Gasteiger partial charge in [-0.25, -0.2) is 4.79 Å². The molecule has 212 valence electrons. The molecule has 0 bridgehead atoms. The summed E-state index contributed by atoms with van der Waals surface area (Å²) in [7, 11) is -2.89. The number of phenolic OH excluding ortho intramolecular Hbond substituents is 1. The zero-order valence-corrected chi connectivity index (χ0v) is 22.1. The third kappa shape index (κ3) is 6.91. The van der Waals surface area contributed by atoms with Gasteiger partial charge in [-0.1, -0.05) is 0 Å². The van der Waals surface area contributed by atoms with Gasteiger partial charge in [0.05, 0.1) is 18.2 Å². The number of benzene rings is 3. The summed E-state index contributed by atoms with van der Waals surface area (Å²) in [6.45, 7) is -1.04. The molecule has 41 heavy (non-hydrogen) atoms. The number of carboxylic acids is 1. The van der Waals surface area contributed by atoms with E-state index in [1.807, 2.05) is 0 Å². The van der Waals surface area contributed by atoms with Gasteiger partial charge in [0.1, 0.15) is 23.7 Å². The minimum atomic E-state index is -2.89. The van der Waals surface area contributed by atoms with Crippen LogP contribution in [0.1, 0.15) is 27.1 Å². The predicted octanol–water partition coefficient (Wildman–Crippen LogP) is 2.23. The number of rotatable bonds is 11. The zero-order chi connectivity index (χ0) is 29.7.